The van der Waals surface area contributed by atoms with Crippen LogP contribution in [0.4, 0.5) is 5.82 Å². The minimum absolute atomic E-state index is 0.647. The van der Waals surface area contributed by atoms with Crippen LogP contribution < -0.4 is 5.32 Å². The van der Waals surface area contributed by atoms with E-state index >= 15 is 0 Å². The van der Waals surface area contributed by atoms with Crippen LogP contribution in [0.1, 0.15) is 24.6 Å². The van der Waals surface area contributed by atoms with E-state index in [-0.39, 0.29) is 0 Å². The Balaban J connectivity index is 1.63. The van der Waals surface area contributed by atoms with Crippen molar-refractivity contribution < 1.29 is 0 Å². The van der Waals surface area contributed by atoms with Gasteiger partial charge in [0, 0.05) is 22.8 Å². The molecule has 5 nitrogen and oxygen atoms in total. The average molecular weight is 360 g/mol. The molecule has 0 aliphatic heterocycles. The molecule has 0 amide bonds. The molecule has 6 heteroatoms. The van der Waals surface area contributed by atoms with Gasteiger partial charge in [-0.2, -0.15) is 14.6 Å². The Morgan fingerprint density at radius 3 is 3.00 bits per heavy atom. The van der Waals surface area contributed by atoms with E-state index in [1.165, 1.54) is 11.9 Å². The van der Waals surface area contributed by atoms with Gasteiger partial charge in [0.15, 0.2) is 0 Å². The molecule has 0 aliphatic carbocycles. The zero-order chi connectivity index (χ0) is 15.4. The largest absolute Gasteiger partial charge is 0.370 e. The first-order chi connectivity index (χ1) is 10.8. The van der Waals surface area contributed by atoms with Crippen LogP contribution in [0, 0.1) is 0 Å². The average Bonchev–Trinajstić information content (AvgIpc) is 3.00. The van der Waals surface area contributed by atoms with Crippen LogP contribution in [0.25, 0.3) is 5.78 Å². The summed E-state index contributed by atoms with van der Waals surface area (Å²) in [6, 6.07) is 10.5. The lowest BCUT2D eigenvalue weighted by atomic mass is 10.1. The maximum absolute atomic E-state index is 4.44. The number of anilines is 1. The maximum atomic E-state index is 4.44. The predicted molar refractivity (Wildman–Crippen MR) is 91.1 cm³/mol. The molecule has 2 aromatic heterocycles. The molecule has 0 bridgehead atoms. The molecule has 0 spiro atoms. The lowest BCUT2D eigenvalue weighted by Crippen LogP contribution is -2.09. The van der Waals surface area contributed by atoms with E-state index in [1.807, 2.05) is 12.1 Å². The normalized spacial score (nSPS) is 11.0. The Morgan fingerprint density at radius 2 is 2.18 bits per heavy atom. The van der Waals surface area contributed by atoms with E-state index in [2.05, 4.69) is 61.4 Å². The van der Waals surface area contributed by atoms with Crippen molar-refractivity contribution in [1.29, 1.82) is 0 Å². The van der Waals surface area contributed by atoms with Crippen molar-refractivity contribution in [3.63, 3.8) is 0 Å². The summed E-state index contributed by atoms with van der Waals surface area (Å²) in [5, 5.41) is 7.66. The molecule has 0 saturated heterocycles. The minimum Gasteiger partial charge on any atom is -0.370 e. The van der Waals surface area contributed by atoms with Crippen LogP contribution in [-0.2, 0) is 12.8 Å². The SMILES string of the molecule is CCc1cc(NCCCc2cccc(Br)c2)n2ncnc2n1. The molecule has 1 N–H and O–H groups in total. The van der Waals surface area contributed by atoms with Crippen LogP contribution in [0.3, 0.4) is 0 Å². The highest BCUT2D eigenvalue weighted by Crippen LogP contribution is 2.14. The zero-order valence-corrected chi connectivity index (χ0v) is 14.0. The van der Waals surface area contributed by atoms with E-state index in [4.69, 9.17) is 0 Å². The molecular formula is C16H18BrN5. The van der Waals surface area contributed by atoms with E-state index in [0.29, 0.717) is 5.78 Å². The number of nitrogens with zero attached hydrogens (tertiary/aromatic N) is 4. The lowest BCUT2D eigenvalue weighted by molar-refractivity contribution is 0.838. The quantitative estimate of drug-likeness (QED) is 0.684. The molecule has 0 aliphatic rings. The van der Waals surface area contributed by atoms with Crippen LogP contribution in [0.5, 0.6) is 0 Å². The van der Waals surface area contributed by atoms with E-state index < -0.39 is 0 Å². The van der Waals surface area contributed by atoms with Crippen molar-refractivity contribution in [2.24, 2.45) is 0 Å². The lowest BCUT2D eigenvalue weighted by Gasteiger charge is -2.09. The Morgan fingerprint density at radius 1 is 1.27 bits per heavy atom. The summed E-state index contributed by atoms with van der Waals surface area (Å²) in [4.78, 5) is 8.61. The summed E-state index contributed by atoms with van der Waals surface area (Å²) >= 11 is 3.51. The number of aryl methyl sites for hydroxylation is 2. The van der Waals surface area contributed by atoms with Gasteiger partial charge in [-0.3, -0.25) is 0 Å². The fraction of sp³-hybridized carbons (Fsp3) is 0.312. The predicted octanol–water partition coefficient (Wildman–Crippen LogP) is 3.49. The summed E-state index contributed by atoms with van der Waals surface area (Å²) in [5.74, 6) is 1.60. The molecule has 3 aromatic rings. The molecule has 114 valence electrons. The highest BCUT2D eigenvalue weighted by molar-refractivity contribution is 9.10. The van der Waals surface area contributed by atoms with Gasteiger partial charge in [-0.15, -0.1) is 0 Å². The van der Waals surface area contributed by atoms with Gasteiger partial charge in [0.1, 0.15) is 12.1 Å². The van der Waals surface area contributed by atoms with Gasteiger partial charge in [0.2, 0.25) is 0 Å². The van der Waals surface area contributed by atoms with Crippen LogP contribution in [0.15, 0.2) is 41.1 Å². The number of nitrogens with one attached hydrogen (secondary N) is 1. The number of fused-ring (bicyclic) bond motifs is 1. The first kappa shape index (κ1) is 15.0. The van der Waals surface area contributed by atoms with Crippen molar-refractivity contribution >= 4 is 27.5 Å². The number of halogens is 1. The maximum Gasteiger partial charge on any atom is 0.254 e. The van der Waals surface area contributed by atoms with E-state index in [0.717, 1.165) is 41.8 Å². The summed E-state index contributed by atoms with van der Waals surface area (Å²) in [7, 11) is 0. The molecule has 0 fully saturated rings. The summed E-state index contributed by atoms with van der Waals surface area (Å²) in [6.45, 7) is 2.97. The van der Waals surface area contributed by atoms with Gasteiger partial charge in [-0.05, 0) is 37.0 Å². The minimum atomic E-state index is 0.647. The molecule has 0 radical (unpaired) electrons. The molecule has 0 saturated carbocycles. The van der Waals surface area contributed by atoms with Crippen molar-refractivity contribution in [2.45, 2.75) is 26.2 Å². The molecular weight excluding hydrogens is 342 g/mol. The van der Waals surface area contributed by atoms with Crippen LogP contribution >= 0.6 is 15.9 Å². The smallest absolute Gasteiger partial charge is 0.254 e. The third-order valence-electron chi connectivity index (χ3n) is 3.50. The molecule has 1 aromatic carbocycles. The fourth-order valence-corrected chi connectivity index (χ4v) is 2.82. The Kier molecular flexibility index (Phi) is 4.68. The number of hydrogen-bond acceptors (Lipinski definition) is 4. The van der Waals surface area contributed by atoms with E-state index in [1.54, 1.807) is 4.52 Å². The molecule has 0 atom stereocenters. The first-order valence-corrected chi connectivity index (χ1v) is 8.23. The van der Waals surface area contributed by atoms with Crippen molar-refractivity contribution in [3.8, 4) is 0 Å². The van der Waals surface area contributed by atoms with Gasteiger partial charge < -0.3 is 5.32 Å². The topological polar surface area (TPSA) is 55.1 Å². The Labute approximate surface area is 137 Å². The van der Waals surface area contributed by atoms with Gasteiger partial charge in [-0.25, -0.2) is 4.98 Å². The molecule has 2 heterocycles. The highest BCUT2D eigenvalue weighted by Gasteiger charge is 2.06. The summed E-state index contributed by atoms with van der Waals surface area (Å²) in [5.41, 5.74) is 2.36. The number of benzene rings is 1. The number of rotatable bonds is 6. The van der Waals surface area contributed by atoms with Crippen molar-refractivity contribution in [3.05, 3.63) is 52.4 Å². The molecule has 3 rings (SSSR count). The third-order valence-corrected chi connectivity index (χ3v) is 4.00. The fourth-order valence-electron chi connectivity index (χ4n) is 2.37. The van der Waals surface area contributed by atoms with E-state index in [9.17, 15) is 0 Å². The second-order valence-electron chi connectivity index (χ2n) is 5.12. The van der Waals surface area contributed by atoms with Crippen molar-refractivity contribution in [1.82, 2.24) is 19.6 Å². The Hall–Kier alpha value is -1.95. The number of aromatic nitrogens is 4. The van der Waals surface area contributed by atoms with Crippen LogP contribution in [-0.4, -0.2) is 26.1 Å². The van der Waals surface area contributed by atoms with Crippen molar-refractivity contribution in [2.75, 3.05) is 11.9 Å². The van der Waals surface area contributed by atoms with Gasteiger partial charge in [-0.1, -0.05) is 35.0 Å². The Bertz CT molecular complexity index is 768. The standard InChI is InChI=1S/C16H18BrN5/c1-2-14-10-15(22-16(21-14)19-11-20-22)18-8-4-6-12-5-3-7-13(17)9-12/h3,5,7,9-11,18H,2,4,6,8H2,1H3. The second-order valence-corrected chi connectivity index (χ2v) is 6.03. The van der Waals surface area contributed by atoms with Crippen LogP contribution in [0.2, 0.25) is 0 Å². The molecule has 0 unspecified atom stereocenters. The van der Waals surface area contributed by atoms with Gasteiger partial charge in [0.05, 0.1) is 0 Å². The zero-order valence-electron chi connectivity index (χ0n) is 12.5. The first-order valence-electron chi connectivity index (χ1n) is 7.44. The molecule has 22 heavy (non-hydrogen) atoms. The highest BCUT2D eigenvalue weighted by atomic mass is 79.9. The van der Waals surface area contributed by atoms with Gasteiger partial charge >= 0.3 is 0 Å². The monoisotopic (exact) mass is 359 g/mol. The third kappa shape index (κ3) is 3.44. The number of hydrogen-bond donors (Lipinski definition) is 1. The summed E-state index contributed by atoms with van der Waals surface area (Å²) in [6.07, 6.45) is 4.51. The second kappa shape index (κ2) is 6.87. The van der Waals surface area contributed by atoms with Gasteiger partial charge in [0.25, 0.3) is 5.78 Å². The summed E-state index contributed by atoms with van der Waals surface area (Å²) < 4.78 is 2.88.